The quantitative estimate of drug-likeness (QED) is 0.382. The van der Waals surface area contributed by atoms with Crippen LogP contribution in [0.5, 0.6) is 5.75 Å². The van der Waals surface area contributed by atoms with Gasteiger partial charge in [-0.2, -0.15) is 9.57 Å². The minimum absolute atomic E-state index is 0.0310. The lowest BCUT2D eigenvalue weighted by Crippen LogP contribution is -2.58. The van der Waals surface area contributed by atoms with Crippen molar-refractivity contribution >= 4 is 16.1 Å². The second-order valence-corrected chi connectivity index (χ2v) is 12.4. The van der Waals surface area contributed by atoms with Gasteiger partial charge in [-0.05, 0) is 69.4 Å². The van der Waals surface area contributed by atoms with Crippen LogP contribution in [0.25, 0.3) is 0 Å². The first-order valence-electron chi connectivity index (χ1n) is 12.6. The fourth-order valence-corrected chi connectivity index (χ4v) is 6.01. The van der Waals surface area contributed by atoms with Crippen molar-refractivity contribution in [3.05, 3.63) is 60.2 Å². The number of methoxy groups -OCH3 is 1. The van der Waals surface area contributed by atoms with E-state index in [1.54, 1.807) is 32.9 Å². The lowest BCUT2D eigenvalue weighted by atomic mass is 9.94. The third-order valence-electron chi connectivity index (χ3n) is 6.34. The van der Waals surface area contributed by atoms with Gasteiger partial charge in [-0.3, -0.25) is 4.90 Å². The molecule has 10 heteroatoms. The standard InChI is InChI=1S/C28H39N3O6S/c1-21(10-9-17-29)19-30(38(35,36)24-15-13-23(37-5)14-16-24)20-26(32)25(18-22-11-7-6-8-12-22)31(27(33)34)28(2,3)4/h6-8,11-16,21,25-26,32H,9-10,18-20H2,1-5H3,(H,33,34)/t21?,25-,26+/m0/s1. The minimum atomic E-state index is -4.06. The SMILES string of the molecule is COc1ccc(S(=O)(=O)N(CC(C)CCC#N)C[C@@H](O)[C@H](Cc2ccccc2)N(C(=O)O)C(C)(C)C)cc1. The van der Waals surface area contributed by atoms with Crippen molar-refractivity contribution in [1.29, 1.82) is 5.26 Å². The molecule has 0 aliphatic carbocycles. The summed E-state index contributed by atoms with van der Waals surface area (Å²) in [6.07, 6.45) is -1.58. The van der Waals surface area contributed by atoms with Gasteiger partial charge in [0.2, 0.25) is 10.0 Å². The average Bonchev–Trinajstić information content (AvgIpc) is 2.86. The third-order valence-corrected chi connectivity index (χ3v) is 8.19. The van der Waals surface area contributed by atoms with E-state index in [1.807, 2.05) is 37.3 Å². The van der Waals surface area contributed by atoms with Crippen LogP contribution in [-0.2, 0) is 16.4 Å². The highest BCUT2D eigenvalue weighted by Gasteiger charge is 2.39. The lowest BCUT2D eigenvalue weighted by Gasteiger charge is -2.42. The first-order chi connectivity index (χ1) is 17.8. The first kappa shape index (κ1) is 31.1. The summed E-state index contributed by atoms with van der Waals surface area (Å²) in [6.45, 7) is 6.81. The van der Waals surface area contributed by atoms with E-state index < -0.39 is 33.8 Å². The Morgan fingerprint density at radius 3 is 2.18 bits per heavy atom. The summed E-state index contributed by atoms with van der Waals surface area (Å²) in [5.74, 6) is 0.337. The van der Waals surface area contributed by atoms with Gasteiger partial charge in [0.1, 0.15) is 5.75 Å². The molecule has 2 aromatic carbocycles. The predicted octanol–water partition coefficient (Wildman–Crippen LogP) is 4.38. The number of nitrogens with zero attached hydrogens (tertiary/aromatic N) is 3. The van der Waals surface area contributed by atoms with E-state index in [2.05, 4.69) is 6.07 Å². The molecule has 2 aromatic rings. The molecule has 0 bridgehead atoms. The maximum absolute atomic E-state index is 13.7. The van der Waals surface area contributed by atoms with Gasteiger partial charge in [-0.25, -0.2) is 13.2 Å². The van der Waals surface area contributed by atoms with Gasteiger partial charge in [0.05, 0.1) is 30.2 Å². The van der Waals surface area contributed by atoms with Crippen molar-refractivity contribution in [1.82, 2.24) is 9.21 Å². The summed E-state index contributed by atoms with van der Waals surface area (Å²) in [7, 11) is -2.57. The van der Waals surface area contributed by atoms with Crippen molar-refractivity contribution in [2.75, 3.05) is 20.2 Å². The van der Waals surface area contributed by atoms with Crippen LogP contribution in [0, 0.1) is 17.2 Å². The molecule has 2 N–H and O–H groups in total. The van der Waals surface area contributed by atoms with Crippen molar-refractivity contribution in [3.63, 3.8) is 0 Å². The average molecular weight is 546 g/mol. The molecule has 0 fully saturated rings. The Morgan fingerprint density at radius 1 is 1.08 bits per heavy atom. The van der Waals surface area contributed by atoms with Crippen LogP contribution >= 0.6 is 0 Å². The molecule has 0 heterocycles. The van der Waals surface area contributed by atoms with Crippen LogP contribution in [0.1, 0.15) is 46.1 Å². The zero-order valence-corrected chi connectivity index (χ0v) is 23.6. The summed E-state index contributed by atoms with van der Waals surface area (Å²) >= 11 is 0. The second kappa shape index (κ2) is 13.6. The third kappa shape index (κ3) is 8.45. The van der Waals surface area contributed by atoms with Gasteiger partial charge >= 0.3 is 6.09 Å². The van der Waals surface area contributed by atoms with Crippen LogP contribution in [-0.4, -0.2) is 71.8 Å². The number of aliphatic hydroxyl groups is 1. The highest BCUT2D eigenvalue weighted by Crippen LogP contribution is 2.26. The molecule has 9 nitrogen and oxygen atoms in total. The van der Waals surface area contributed by atoms with E-state index in [4.69, 9.17) is 10.00 Å². The summed E-state index contributed by atoms with van der Waals surface area (Å²) in [4.78, 5) is 13.6. The van der Waals surface area contributed by atoms with E-state index in [1.165, 1.54) is 28.4 Å². The Bertz CT molecular complexity index is 1170. The van der Waals surface area contributed by atoms with Crippen molar-refractivity contribution in [2.45, 2.75) is 69.5 Å². The topological polar surface area (TPSA) is 131 Å². The fraction of sp³-hybridized carbons (Fsp3) is 0.500. The first-order valence-corrected chi connectivity index (χ1v) is 14.0. The Morgan fingerprint density at radius 2 is 1.68 bits per heavy atom. The number of hydrogen-bond acceptors (Lipinski definition) is 6. The largest absolute Gasteiger partial charge is 0.497 e. The monoisotopic (exact) mass is 545 g/mol. The number of amides is 1. The van der Waals surface area contributed by atoms with Crippen molar-refractivity contribution in [3.8, 4) is 11.8 Å². The van der Waals surface area contributed by atoms with E-state index in [0.29, 0.717) is 12.2 Å². The highest BCUT2D eigenvalue weighted by molar-refractivity contribution is 7.89. The molecule has 0 aromatic heterocycles. The van der Waals surface area contributed by atoms with E-state index in [-0.39, 0.29) is 36.7 Å². The maximum atomic E-state index is 13.7. The molecule has 208 valence electrons. The number of rotatable bonds is 13. The molecule has 3 atom stereocenters. The molecular weight excluding hydrogens is 506 g/mol. The van der Waals surface area contributed by atoms with Gasteiger partial charge < -0.3 is 14.9 Å². The number of sulfonamides is 1. The van der Waals surface area contributed by atoms with Crippen LogP contribution in [0.2, 0.25) is 0 Å². The van der Waals surface area contributed by atoms with E-state index >= 15 is 0 Å². The molecule has 38 heavy (non-hydrogen) atoms. The Balaban J connectivity index is 2.49. The number of carbonyl (C=O) groups is 1. The number of ether oxygens (including phenoxy) is 1. The number of nitriles is 1. The Kier molecular flexibility index (Phi) is 11.1. The molecule has 0 spiro atoms. The molecular formula is C28H39N3O6S. The molecule has 0 saturated carbocycles. The summed E-state index contributed by atoms with van der Waals surface area (Å²) < 4.78 is 33.8. The number of hydrogen-bond donors (Lipinski definition) is 2. The summed E-state index contributed by atoms with van der Waals surface area (Å²) in [5, 5.41) is 30.6. The fourth-order valence-electron chi connectivity index (χ4n) is 4.43. The Hall–Kier alpha value is -3.13. The molecule has 2 rings (SSSR count). The van der Waals surface area contributed by atoms with Crippen LogP contribution in [0.4, 0.5) is 4.79 Å². The molecule has 1 amide bonds. The van der Waals surface area contributed by atoms with Gasteiger partial charge in [0.15, 0.2) is 0 Å². The predicted molar refractivity (Wildman–Crippen MR) is 145 cm³/mol. The Labute approximate surface area is 226 Å². The minimum Gasteiger partial charge on any atom is -0.497 e. The van der Waals surface area contributed by atoms with Crippen LogP contribution < -0.4 is 4.74 Å². The molecule has 0 aliphatic rings. The lowest BCUT2D eigenvalue weighted by molar-refractivity contribution is 0.000368. The summed E-state index contributed by atoms with van der Waals surface area (Å²) in [5.41, 5.74) is -0.0366. The molecule has 1 unspecified atom stereocenters. The van der Waals surface area contributed by atoms with E-state index in [9.17, 15) is 23.4 Å². The number of benzene rings is 2. The van der Waals surface area contributed by atoms with Crippen LogP contribution in [0.3, 0.4) is 0 Å². The van der Waals surface area contributed by atoms with Gasteiger partial charge in [-0.1, -0.05) is 37.3 Å². The number of aliphatic hydroxyl groups excluding tert-OH is 1. The van der Waals surface area contributed by atoms with Crippen LogP contribution in [0.15, 0.2) is 59.5 Å². The maximum Gasteiger partial charge on any atom is 0.408 e. The van der Waals surface area contributed by atoms with Crippen molar-refractivity contribution in [2.24, 2.45) is 5.92 Å². The normalized spacial score (nSPS) is 14.4. The second-order valence-electron chi connectivity index (χ2n) is 10.4. The zero-order chi connectivity index (χ0) is 28.5. The van der Waals surface area contributed by atoms with Gasteiger partial charge in [0, 0.05) is 25.0 Å². The zero-order valence-electron chi connectivity index (χ0n) is 22.7. The van der Waals surface area contributed by atoms with Crippen molar-refractivity contribution < 1.29 is 28.2 Å². The summed E-state index contributed by atoms with van der Waals surface area (Å²) in [6, 6.07) is 16.3. The molecule has 0 radical (unpaired) electrons. The molecule has 0 saturated heterocycles. The smallest absolute Gasteiger partial charge is 0.408 e. The number of carboxylic acid groups (broad SMARTS) is 1. The van der Waals surface area contributed by atoms with Gasteiger partial charge in [0.25, 0.3) is 0 Å². The van der Waals surface area contributed by atoms with Gasteiger partial charge in [-0.15, -0.1) is 0 Å². The molecule has 0 aliphatic heterocycles. The highest BCUT2D eigenvalue weighted by atomic mass is 32.2. The van der Waals surface area contributed by atoms with E-state index in [0.717, 1.165) is 5.56 Å².